The summed E-state index contributed by atoms with van der Waals surface area (Å²) in [5.74, 6) is -1.16. The summed E-state index contributed by atoms with van der Waals surface area (Å²) in [6.07, 6.45) is -1.18. The number of nitrogens with zero attached hydrogens (tertiary/aromatic N) is 1. The summed E-state index contributed by atoms with van der Waals surface area (Å²) >= 11 is 5.91. The Morgan fingerprint density at radius 2 is 1.46 bits per heavy atom. The van der Waals surface area contributed by atoms with Crippen molar-refractivity contribution in [1.82, 2.24) is 0 Å². The predicted octanol–water partition coefficient (Wildman–Crippen LogP) is 5.03. The average molecular weight is 396 g/mol. The van der Waals surface area contributed by atoms with Crippen molar-refractivity contribution in [2.75, 3.05) is 0 Å². The number of nitro benzene ring substituents is 1. The standard InChI is InChI=1S/C21H14ClNO5/c22-17-10-6-15(7-11-17)20(19(24)14-4-2-1-3-5-14)28-21(25)16-8-12-18(13-9-16)23(26)27/h1-13,20H/t20-/m1/s1. The lowest BCUT2D eigenvalue weighted by Gasteiger charge is -2.17. The Bertz CT molecular complexity index is 1000. The minimum atomic E-state index is -1.18. The molecular formula is C21H14ClNO5. The van der Waals surface area contributed by atoms with Gasteiger partial charge in [0.1, 0.15) is 0 Å². The fourth-order valence-electron chi connectivity index (χ4n) is 2.56. The summed E-state index contributed by atoms with van der Waals surface area (Å²) < 4.78 is 5.48. The van der Waals surface area contributed by atoms with Gasteiger partial charge in [-0.2, -0.15) is 0 Å². The summed E-state index contributed by atoms with van der Waals surface area (Å²) in [6, 6.07) is 19.8. The topological polar surface area (TPSA) is 86.5 Å². The van der Waals surface area contributed by atoms with Gasteiger partial charge in [0.25, 0.3) is 5.69 Å². The highest BCUT2D eigenvalue weighted by atomic mass is 35.5. The molecule has 0 aliphatic carbocycles. The smallest absolute Gasteiger partial charge is 0.339 e. The van der Waals surface area contributed by atoms with Crippen molar-refractivity contribution in [2.45, 2.75) is 6.10 Å². The highest BCUT2D eigenvalue weighted by Gasteiger charge is 2.27. The monoisotopic (exact) mass is 395 g/mol. The summed E-state index contributed by atoms with van der Waals surface area (Å²) in [7, 11) is 0. The van der Waals surface area contributed by atoms with Crippen LogP contribution in [0.25, 0.3) is 0 Å². The van der Waals surface area contributed by atoms with Crippen molar-refractivity contribution in [1.29, 1.82) is 0 Å². The summed E-state index contributed by atoms with van der Waals surface area (Å²) in [5.41, 5.74) is 0.809. The predicted molar refractivity (Wildman–Crippen MR) is 103 cm³/mol. The van der Waals surface area contributed by atoms with Crippen LogP contribution in [0.2, 0.25) is 5.02 Å². The zero-order valence-corrected chi connectivity index (χ0v) is 15.2. The Labute approximate surface area is 165 Å². The molecule has 3 rings (SSSR count). The number of esters is 1. The van der Waals surface area contributed by atoms with Gasteiger partial charge in [-0.1, -0.05) is 54.1 Å². The van der Waals surface area contributed by atoms with Gasteiger partial charge in [-0.25, -0.2) is 4.79 Å². The Kier molecular flexibility index (Phi) is 5.81. The fourth-order valence-corrected chi connectivity index (χ4v) is 2.68. The van der Waals surface area contributed by atoms with Gasteiger partial charge < -0.3 is 4.74 Å². The zero-order valence-electron chi connectivity index (χ0n) is 14.4. The van der Waals surface area contributed by atoms with E-state index in [2.05, 4.69) is 0 Å². The Hall–Kier alpha value is -3.51. The first-order valence-electron chi connectivity index (χ1n) is 8.26. The minimum absolute atomic E-state index is 0.102. The lowest BCUT2D eigenvalue weighted by molar-refractivity contribution is -0.384. The zero-order chi connectivity index (χ0) is 20.1. The quantitative estimate of drug-likeness (QED) is 0.253. The van der Waals surface area contributed by atoms with Gasteiger partial charge >= 0.3 is 5.97 Å². The van der Waals surface area contributed by atoms with Crippen LogP contribution in [0.4, 0.5) is 5.69 Å². The van der Waals surface area contributed by atoms with Crippen LogP contribution in [0, 0.1) is 10.1 Å². The number of Topliss-reactive ketones (excluding diaryl/α,β-unsaturated/α-hetero) is 1. The molecule has 0 fully saturated rings. The first kappa shape index (κ1) is 19.3. The van der Waals surface area contributed by atoms with Crippen LogP contribution >= 0.6 is 11.6 Å². The van der Waals surface area contributed by atoms with Crippen LogP contribution < -0.4 is 0 Å². The number of benzene rings is 3. The fraction of sp³-hybridized carbons (Fsp3) is 0.0476. The molecule has 0 aromatic heterocycles. The second-order valence-corrected chi connectivity index (χ2v) is 6.31. The Balaban J connectivity index is 1.90. The van der Waals surface area contributed by atoms with E-state index >= 15 is 0 Å². The van der Waals surface area contributed by atoms with E-state index in [-0.39, 0.29) is 11.3 Å². The van der Waals surface area contributed by atoms with Gasteiger partial charge in [0.2, 0.25) is 5.78 Å². The van der Waals surface area contributed by atoms with Crippen LogP contribution in [0.5, 0.6) is 0 Å². The van der Waals surface area contributed by atoms with Crippen molar-refractivity contribution >= 4 is 29.0 Å². The largest absolute Gasteiger partial charge is 0.445 e. The second kappa shape index (κ2) is 8.45. The third-order valence-electron chi connectivity index (χ3n) is 4.01. The lowest BCUT2D eigenvalue weighted by atomic mass is 9.99. The number of rotatable bonds is 6. The minimum Gasteiger partial charge on any atom is -0.445 e. The molecule has 0 radical (unpaired) electrons. The normalized spacial score (nSPS) is 11.5. The highest BCUT2D eigenvalue weighted by Crippen LogP contribution is 2.26. The van der Waals surface area contributed by atoms with Gasteiger partial charge in [0.05, 0.1) is 10.5 Å². The third-order valence-corrected chi connectivity index (χ3v) is 4.26. The number of nitro groups is 1. The van der Waals surface area contributed by atoms with Gasteiger partial charge in [-0.05, 0) is 24.3 Å². The lowest BCUT2D eigenvalue weighted by Crippen LogP contribution is -2.20. The number of hydrogen-bond acceptors (Lipinski definition) is 5. The van der Waals surface area contributed by atoms with Crippen LogP contribution in [-0.4, -0.2) is 16.7 Å². The molecule has 6 nitrogen and oxygen atoms in total. The number of halogens is 1. The molecule has 0 aliphatic rings. The molecule has 0 heterocycles. The Morgan fingerprint density at radius 3 is 2.04 bits per heavy atom. The summed E-state index contributed by atoms with van der Waals surface area (Å²) in [4.78, 5) is 35.7. The molecule has 28 heavy (non-hydrogen) atoms. The van der Waals surface area contributed by atoms with E-state index in [0.29, 0.717) is 16.1 Å². The molecule has 0 amide bonds. The summed E-state index contributed by atoms with van der Waals surface area (Å²) in [6.45, 7) is 0. The maximum atomic E-state index is 12.9. The maximum Gasteiger partial charge on any atom is 0.339 e. The molecule has 0 N–H and O–H groups in total. The van der Waals surface area contributed by atoms with Crippen molar-refractivity contribution < 1.29 is 19.2 Å². The maximum absolute atomic E-state index is 12.9. The molecular weight excluding hydrogens is 382 g/mol. The summed E-state index contributed by atoms with van der Waals surface area (Å²) in [5, 5.41) is 11.2. The van der Waals surface area contributed by atoms with Gasteiger partial charge in [-0.15, -0.1) is 0 Å². The van der Waals surface area contributed by atoms with Crippen molar-refractivity contribution in [3.05, 3.63) is 111 Å². The Morgan fingerprint density at radius 1 is 0.857 bits per heavy atom. The molecule has 0 saturated carbocycles. The first-order valence-corrected chi connectivity index (χ1v) is 8.63. The highest BCUT2D eigenvalue weighted by molar-refractivity contribution is 6.30. The molecule has 3 aromatic rings. The molecule has 0 saturated heterocycles. The molecule has 0 spiro atoms. The number of carbonyl (C=O) groups is 2. The molecule has 0 bridgehead atoms. The molecule has 140 valence electrons. The van der Waals surface area contributed by atoms with Crippen LogP contribution in [0.1, 0.15) is 32.4 Å². The third kappa shape index (κ3) is 4.42. The van der Waals surface area contributed by atoms with Gasteiger partial charge in [0, 0.05) is 28.3 Å². The number of carbonyl (C=O) groups excluding carboxylic acids is 2. The molecule has 0 unspecified atom stereocenters. The number of hydrogen-bond donors (Lipinski definition) is 0. The molecule has 7 heteroatoms. The van der Waals surface area contributed by atoms with E-state index in [0.717, 1.165) is 0 Å². The van der Waals surface area contributed by atoms with E-state index in [1.54, 1.807) is 54.6 Å². The van der Waals surface area contributed by atoms with Crippen molar-refractivity contribution in [2.24, 2.45) is 0 Å². The molecule has 1 atom stereocenters. The average Bonchev–Trinajstić information content (AvgIpc) is 2.73. The van der Waals surface area contributed by atoms with E-state index in [4.69, 9.17) is 16.3 Å². The van der Waals surface area contributed by atoms with Crippen molar-refractivity contribution in [3.63, 3.8) is 0 Å². The van der Waals surface area contributed by atoms with Gasteiger partial charge in [0.15, 0.2) is 6.10 Å². The van der Waals surface area contributed by atoms with E-state index in [9.17, 15) is 19.7 Å². The van der Waals surface area contributed by atoms with E-state index in [1.807, 2.05) is 0 Å². The van der Waals surface area contributed by atoms with E-state index < -0.39 is 22.8 Å². The molecule has 0 aliphatic heterocycles. The second-order valence-electron chi connectivity index (χ2n) is 5.87. The van der Waals surface area contributed by atoms with Crippen LogP contribution in [0.3, 0.4) is 0 Å². The van der Waals surface area contributed by atoms with Crippen LogP contribution in [0.15, 0.2) is 78.9 Å². The number of non-ortho nitro benzene ring substituents is 1. The van der Waals surface area contributed by atoms with E-state index in [1.165, 1.54) is 24.3 Å². The molecule has 3 aromatic carbocycles. The number of ether oxygens (including phenoxy) is 1. The van der Waals surface area contributed by atoms with Crippen LogP contribution in [-0.2, 0) is 4.74 Å². The van der Waals surface area contributed by atoms with Gasteiger partial charge in [-0.3, -0.25) is 14.9 Å². The number of ketones is 1. The van der Waals surface area contributed by atoms with Crippen molar-refractivity contribution in [3.8, 4) is 0 Å². The first-order chi connectivity index (χ1) is 13.5. The SMILES string of the molecule is O=C(O[C@@H](C(=O)c1ccccc1)c1ccc(Cl)cc1)c1ccc([N+](=O)[O-])cc1.